The Hall–Kier alpha value is -2.49. The SMILES string of the molecule is CCOC(=O)C(C)(C)Oc1cc(-c2ccccc2)ccc1OC. The fraction of sp³-hybridized carbons (Fsp3) is 0.316. The molecular weight excluding hydrogens is 292 g/mol. The van der Waals surface area contributed by atoms with E-state index >= 15 is 0 Å². The zero-order valence-electron chi connectivity index (χ0n) is 14.0. The minimum Gasteiger partial charge on any atom is -0.493 e. The monoisotopic (exact) mass is 314 g/mol. The van der Waals surface area contributed by atoms with Crippen molar-refractivity contribution in [3.8, 4) is 22.6 Å². The van der Waals surface area contributed by atoms with Gasteiger partial charge in [0, 0.05) is 0 Å². The lowest BCUT2D eigenvalue weighted by Gasteiger charge is -2.25. The second-order valence-corrected chi connectivity index (χ2v) is 5.56. The fourth-order valence-electron chi connectivity index (χ4n) is 2.19. The maximum Gasteiger partial charge on any atom is 0.349 e. The molecule has 0 atom stereocenters. The van der Waals surface area contributed by atoms with Gasteiger partial charge < -0.3 is 14.2 Å². The minimum absolute atomic E-state index is 0.312. The molecule has 0 amide bonds. The van der Waals surface area contributed by atoms with Crippen LogP contribution in [0.15, 0.2) is 48.5 Å². The van der Waals surface area contributed by atoms with Gasteiger partial charge >= 0.3 is 5.97 Å². The fourth-order valence-corrected chi connectivity index (χ4v) is 2.19. The third-order valence-corrected chi connectivity index (χ3v) is 3.40. The molecule has 0 aromatic heterocycles. The van der Waals surface area contributed by atoms with Crippen molar-refractivity contribution in [2.24, 2.45) is 0 Å². The van der Waals surface area contributed by atoms with Gasteiger partial charge in [0.15, 0.2) is 17.1 Å². The first-order valence-electron chi connectivity index (χ1n) is 7.57. The number of benzene rings is 2. The Bertz CT molecular complexity index is 662. The van der Waals surface area contributed by atoms with E-state index in [-0.39, 0.29) is 0 Å². The van der Waals surface area contributed by atoms with Crippen LogP contribution in [0.25, 0.3) is 11.1 Å². The number of ether oxygens (including phenoxy) is 3. The smallest absolute Gasteiger partial charge is 0.349 e. The summed E-state index contributed by atoms with van der Waals surface area (Å²) in [7, 11) is 1.57. The lowest BCUT2D eigenvalue weighted by Crippen LogP contribution is -2.39. The van der Waals surface area contributed by atoms with Gasteiger partial charge in [0.1, 0.15) is 0 Å². The topological polar surface area (TPSA) is 44.8 Å². The van der Waals surface area contributed by atoms with Gasteiger partial charge in [0.2, 0.25) is 0 Å². The molecule has 0 heterocycles. The Balaban J connectivity index is 2.35. The van der Waals surface area contributed by atoms with Crippen molar-refractivity contribution in [2.45, 2.75) is 26.4 Å². The summed E-state index contributed by atoms with van der Waals surface area (Å²) >= 11 is 0. The molecule has 122 valence electrons. The number of carbonyl (C=O) groups excluding carboxylic acids is 1. The van der Waals surface area contributed by atoms with E-state index < -0.39 is 11.6 Å². The van der Waals surface area contributed by atoms with Crippen LogP contribution in [0.2, 0.25) is 0 Å². The molecule has 0 aliphatic carbocycles. The normalized spacial score (nSPS) is 11.0. The molecular formula is C19H22O4. The molecule has 4 heteroatoms. The Morgan fingerprint density at radius 2 is 1.70 bits per heavy atom. The second kappa shape index (κ2) is 7.18. The van der Waals surface area contributed by atoms with Crippen molar-refractivity contribution in [2.75, 3.05) is 13.7 Å². The molecule has 0 aliphatic heterocycles. The summed E-state index contributed by atoms with van der Waals surface area (Å²) in [5.74, 6) is 0.668. The molecule has 0 spiro atoms. The van der Waals surface area contributed by atoms with Crippen molar-refractivity contribution in [3.05, 3.63) is 48.5 Å². The number of methoxy groups -OCH3 is 1. The Morgan fingerprint density at radius 3 is 2.30 bits per heavy atom. The van der Waals surface area contributed by atoms with E-state index in [2.05, 4.69) is 0 Å². The molecule has 0 saturated heterocycles. The summed E-state index contributed by atoms with van der Waals surface area (Å²) in [5.41, 5.74) is 0.952. The van der Waals surface area contributed by atoms with Crippen LogP contribution in [0.1, 0.15) is 20.8 Å². The van der Waals surface area contributed by atoms with Gasteiger partial charge in [-0.3, -0.25) is 0 Å². The third-order valence-electron chi connectivity index (χ3n) is 3.40. The standard InChI is InChI=1S/C19H22O4/c1-5-22-18(20)19(2,3)23-17-13-15(11-12-16(17)21-4)14-9-7-6-8-10-14/h6-13H,5H2,1-4H3. The van der Waals surface area contributed by atoms with Gasteiger partial charge in [-0.15, -0.1) is 0 Å². The van der Waals surface area contributed by atoms with Crippen LogP contribution in [-0.4, -0.2) is 25.3 Å². The Kier molecular flexibility index (Phi) is 5.27. The lowest BCUT2D eigenvalue weighted by molar-refractivity contribution is -0.158. The Labute approximate surface area is 137 Å². The van der Waals surface area contributed by atoms with Crippen LogP contribution < -0.4 is 9.47 Å². The number of rotatable bonds is 6. The molecule has 0 N–H and O–H groups in total. The maximum absolute atomic E-state index is 12.0. The summed E-state index contributed by atoms with van der Waals surface area (Å²) in [6.45, 7) is 5.44. The van der Waals surface area contributed by atoms with E-state index in [4.69, 9.17) is 14.2 Å². The second-order valence-electron chi connectivity index (χ2n) is 5.56. The van der Waals surface area contributed by atoms with Crippen molar-refractivity contribution in [1.82, 2.24) is 0 Å². The van der Waals surface area contributed by atoms with E-state index in [1.54, 1.807) is 27.9 Å². The van der Waals surface area contributed by atoms with Gasteiger partial charge in [-0.05, 0) is 44.0 Å². The first kappa shape index (κ1) is 16.9. The first-order chi connectivity index (χ1) is 11.0. The zero-order valence-corrected chi connectivity index (χ0v) is 14.0. The van der Waals surface area contributed by atoms with E-state index in [9.17, 15) is 4.79 Å². The van der Waals surface area contributed by atoms with Crippen LogP contribution >= 0.6 is 0 Å². The van der Waals surface area contributed by atoms with Crippen LogP contribution in [0.5, 0.6) is 11.5 Å². The first-order valence-corrected chi connectivity index (χ1v) is 7.57. The van der Waals surface area contributed by atoms with E-state index in [0.717, 1.165) is 11.1 Å². The number of esters is 1. The molecule has 0 saturated carbocycles. The van der Waals surface area contributed by atoms with Crippen molar-refractivity contribution < 1.29 is 19.0 Å². The molecule has 23 heavy (non-hydrogen) atoms. The highest BCUT2D eigenvalue weighted by atomic mass is 16.6. The van der Waals surface area contributed by atoms with Gasteiger partial charge in [0.25, 0.3) is 0 Å². The van der Waals surface area contributed by atoms with Crippen molar-refractivity contribution in [3.63, 3.8) is 0 Å². The average molecular weight is 314 g/mol. The maximum atomic E-state index is 12.0. The number of hydrogen-bond donors (Lipinski definition) is 0. The predicted octanol–water partition coefficient (Wildman–Crippen LogP) is 4.08. The van der Waals surface area contributed by atoms with E-state index in [1.807, 2.05) is 48.5 Å². The van der Waals surface area contributed by atoms with Gasteiger partial charge in [-0.25, -0.2) is 4.79 Å². The molecule has 4 nitrogen and oxygen atoms in total. The summed E-state index contributed by atoms with van der Waals surface area (Å²) in [6, 6.07) is 15.6. The Morgan fingerprint density at radius 1 is 1.00 bits per heavy atom. The molecule has 0 aliphatic rings. The largest absolute Gasteiger partial charge is 0.493 e. The highest BCUT2D eigenvalue weighted by Crippen LogP contribution is 2.35. The molecule has 0 unspecified atom stereocenters. The van der Waals surface area contributed by atoms with Gasteiger partial charge in [-0.1, -0.05) is 36.4 Å². The summed E-state index contributed by atoms with van der Waals surface area (Å²) in [5, 5.41) is 0. The molecule has 0 radical (unpaired) electrons. The molecule has 0 bridgehead atoms. The van der Waals surface area contributed by atoms with E-state index in [0.29, 0.717) is 18.1 Å². The van der Waals surface area contributed by atoms with E-state index in [1.165, 1.54) is 0 Å². The highest BCUT2D eigenvalue weighted by Gasteiger charge is 2.32. The van der Waals surface area contributed by atoms with Crippen LogP contribution in [0, 0.1) is 0 Å². The summed E-state index contributed by atoms with van der Waals surface area (Å²) < 4.78 is 16.3. The molecule has 2 aromatic carbocycles. The number of hydrogen-bond acceptors (Lipinski definition) is 4. The highest BCUT2D eigenvalue weighted by molar-refractivity contribution is 5.79. The molecule has 2 aromatic rings. The zero-order chi connectivity index (χ0) is 16.9. The van der Waals surface area contributed by atoms with Crippen molar-refractivity contribution >= 4 is 5.97 Å². The van der Waals surface area contributed by atoms with Gasteiger partial charge in [-0.2, -0.15) is 0 Å². The molecule has 2 rings (SSSR count). The predicted molar refractivity (Wildman–Crippen MR) is 89.8 cm³/mol. The van der Waals surface area contributed by atoms with Crippen molar-refractivity contribution in [1.29, 1.82) is 0 Å². The molecule has 0 fully saturated rings. The lowest BCUT2D eigenvalue weighted by atomic mass is 10.0. The third kappa shape index (κ3) is 4.03. The summed E-state index contributed by atoms with van der Waals surface area (Å²) in [6.07, 6.45) is 0. The van der Waals surface area contributed by atoms with Crippen LogP contribution in [0.3, 0.4) is 0 Å². The summed E-state index contributed by atoms with van der Waals surface area (Å²) in [4.78, 5) is 12.0. The average Bonchev–Trinajstić information content (AvgIpc) is 2.55. The number of carbonyl (C=O) groups is 1. The van der Waals surface area contributed by atoms with Gasteiger partial charge in [0.05, 0.1) is 13.7 Å². The van der Waals surface area contributed by atoms with Crippen LogP contribution in [0.4, 0.5) is 0 Å². The minimum atomic E-state index is -1.10. The van der Waals surface area contributed by atoms with Crippen LogP contribution in [-0.2, 0) is 9.53 Å². The quantitative estimate of drug-likeness (QED) is 0.754.